The Labute approximate surface area is 162 Å². The van der Waals surface area contributed by atoms with Crippen LogP contribution in [0, 0.1) is 6.92 Å². The molecule has 1 aromatic carbocycles. The molecule has 0 spiro atoms. The lowest BCUT2D eigenvalue weighted by molar-refractivity contribution is -0.134. The van der Waals surface area contributed by atoms with Gasteiger partial charge >= 0.3 is 0 Å². The number of nitrogens with zero attached hydrogens (tertiary/aromatic N) is 3. The molecular formula is C18H24N6O2S. The molecule has 4 N–H and O–H groups in total. The van der Waals surface area contributed by atoms with Crippen LogP contribution in [0.25, 0.3) is 0 Å². The van der Waals surface area contributed by atoms with Crippen molar-refractivity contribution >= 4 is 28.3 Å². The summed E-state index contributed by atoms with van der Waals surface area (Å²) in [5.41, 5.74) is 7.90. The summed E-state index contributed by atoms with van der Waals surface area (Å²) in [6.45, 7) is 4.48. The van der Waals surface area contributed by atoms with Crippen LogP contribution >= 0.6 is 11.3 Å². The summed E-state index contributed by atoms with van der Waals surface area (Å²) >= 11 is 1.31. The maximum Gasteiger partial charge on any atom is 0.237 e. The van der Waals surface area contributed by atoms with Crippen LogP contribution in [-0.2, 0) is 22.6 Å². The number of hydrogen-bond donors (Lipinski definition) is 3. The molecule has 9 heteroatoms. The van der Waals surface area contributed by atoms with Crippen LogP contribution in [0.2, 0.25) is 0 Å². The molecule has 0 saturated carbocycles. The van der Waals surface area contributed by atoms with Gasteiger partial charge in [0.2, 0.25) is 16.9 Å². The largest absolute Gasteiger partial charge is 0.374 e. The molecule has 8 nitrogen and oxygen atoms in total. The Balaban J connectivity index is 1.55. The van der Waals surface area contributed by atoms with Gasteiger partial charge in [-0.15, -0.1) is 10.2 Å². The number of amides is 2. The van der Waals surface area contributed by atoms with E-state index in [0.29, 0.717) is 31.2 Å². The molecule has 1 atom stereocenters. The third-order valence-electron chi connectivity index (χ3n) is 4.60. The number of nitrogens with one attached hydrogen (secondary N) is 2. The van der Waals surface area contributed by atoms with E-state index < -0.39 is 6.04 Å². The fourth-order valence-corrected chi connectivity index (χ4v) is 3.71. The summed E-state index contributed by atoms with van der Waals surface area (Å²) in [5.74, 6) is -0.244. The second kappa shape index (κ2) is 8.92. The van der Waals surface area contributed by atoms with Crippen molar-refractivity contribution in [2.24, 2.45) is 0 Å². The predicted octanol–water partition coefficient (Wildman–Crippen LogP) is 0.478. The minimum Gasteiger partial charge on any atom is -0.374 e. The number of piperazine rings is 1. The zero-order valence-electron chi connectivity index (χ0n) is 15.3. The number of anilines is 1. The first kappa shape index (κ1) is 19.2. The first-order chi connectivity index (χ1) is 13.0. The smallest absolute Gasteiger partial charge is 0.237 e. The van der Waals surface area contributed by atoms with Crippen molar-refractivity contribution in [1.82, 2.24) is 25.7 Å². The molecule has 0 aliphatic carbocycles. The van der Waals surface area contributed by atoms with E-state index in [4.69, 9.17) is 5.73 Å². The second-order valence-electron chi connectivity index (χ2n) is 6.54. The minimum atomic E-state index is -0.462. The Morgan fingerprint density at radius 3 is 2.96 bits per heavy atom. The summed E-state index contributed by atoms with van der Waals surface area (Å²) in [5, 5.41) is 14.6. The van der Waals surface area contributed by atoms with E-state index in [1.54, 1.807) is 0 Å². The Bertz CT molecular complexity index is 809. The lowest BCUT2D eigenvalue weighted by Gasteiger charge is -2.35. The maximum atomic E-state index is 12.4. The Kier molecular flexibility index (Phi) is 6.36. The van der Waals surface area contributed by atoms with E-state index in [0.717, 1.165) is 11.6 Å². The van der Waals surface area contributed by atoms with Gasteiger partial charge in [0.15, 0.2) is 0 Å². The number of nitrogens with two attached hydrogens (primary N) is 1. The average Bonchev–Trinajstić information content (AvgIpc) is 3.05. The Morgan fingerprint density at radius 2 is 2.22 bits per heavy atom. The number of aryl methyl sites for hydroxylation is 1. The highest BCUT2D eigenvalue weighted by Crippen LogP contribution is 2.16. The van der Waals surface area contributed by atoms with Crippen LogP contribution in [0.5, 0.6) is 0 Å². The molecule has 0 bridgehead atoms. The molecule has 2 aromatic rings. The molecule has 1 aliphatic rings. The quantitative estimate of drug-likeness (QED) is 0.636. The van der Waals surface area contributed by atoms with Gasteiger partial charge in [0.1, 0.15) is 5.01 Å². The lowest BCUT2D eigenvalue weighted by atomic mass is 10.0. The number of hydrogen-bond acceptors (Lipinski definition) is 7. The number of rotatable bonds is 7. The minimum absolute atomic E-state index is 0.0955. The SMILES string of the molecule is Cc1ccccc1CN1CCNC(=O)[C@H]1CC(=O)NCCc1nnc(N)s1. The highest BCUT2D eigenvalue weighted by Gasteiger charge is 2.31. The van der Waals surface area contributed by atoms with Gasteiger partial charge in [0.05, 0.1) is 12.5 Å². The van der Waals surface area contributed by atoms with Crippen LogP contribution in [0.3, 0.4) is 0 Å². The zero-order chi connectivity index (χ0) is 19.2. The maximum absolute atomic E-state index is 12.4. The molecule has 0 unspecified atom stereocenters. The molecule has 0 radical (unpaired) electrons. The van der Waals surface area contributed by atoms with Crippen LogP contribution in [0.15, 0.2) is 24.3 Å². The van der Waals surface area contributed by atoms with Crippen molar-refractivity contribution in [3.8, 4) is 0 Å². The molecule has 1 aliphatic heterocycles. The summed E-state index contributed by atoms with van der Waals surface area (Å²) in [6.07, 6.45) is 0.709. The average molecular weight is 388 g/mol. The molecule has 144 valence electrons. The Morgan fingerprint density at radius 1 is 1.41 bits per heavy atom. The fourth-order valence-electron chi connectivity index (χ4n) is 3.10. The highest BCUT2D eigenvalue weighted by molar-refractivity contribution is 7.15. The third kappa shape index (κ3) is 5.24. The van der Waals surface area contributed by atoms with E-state index in [-0.39, 0.29) is 18.2 Å². The van der Waals surface area contributed by atoms with Crippen molar-refractivity contribution in [3.05, 3.63) is 40.4 Å². The molecule has 27 heavy (non-hydrogen) atoms. The number of aromatic nitrogens is 2. The van der Waals surface area contributed by atoms with Gasteiger partial charge in [-0.25, -0.2) is 0 Å². The zero-order valence-corrected chi connectivity index (χ0v) is 16.1. The molecule has 3 rings (SSSR count). The predicted molar refractivity (Wildman–Crippen MR) is 104 cm³/mol. The van der Waals surface area contributed by atoms with E-state index in [9.17, 15) is 9.59 Å². The van der Waals surface area contributed by atoms with Gasteiger partial charge in [-0.3, -0.25) is 14.5 Å². The number of benzene rings is 1. The first-order valence-corrected chi connectivity index (χ1v) is 9.75. The van der Waals surface area contributed by atoms with E-state index in [1.165, 1.54) is 22.5 Å². The molecule has 1 saturated heterocycles. The molecule has 2 amide bonds. The van der Waals surface area contributed by atoms with Crippen LogP contribution in [0.1, 0.15) is 22.6 Å². The highest BCUT2D eigenvalue weighted by atomic mass is 32.1. The molecule has 1 fully saturated rings. The van der Waals surface area contributed by atoms with Crippen LogP contribution in [0.4, 0.5) is 5.13 Å². The monoisotopic (exact) mass is 388 g/mol. The van der Waals surface area contributed by atoms with Gasteiger partial charge in [-0.05, 0) is 18.1 Å². The third-order valence-corrected chi connectivity index (χ3v) is 5.41. The first-order valence-electron chi connectivity index (χ1n) is 8.94. The van der Waals surface area contributed by atoms with E-state index in [2.05, 4.69) is 44.8 Å². The standard InChI is InChI=1S/C18H24N6O2S/c1-12-4-2-3-5-13(12)11-24-9-8-21-17(26)14(24)10-15(25)20-7-6-16-22-23-18(19)27-16/h2-5,14H,6-11H2,1H3,(H2,19,23)(H,20,25)(H,21,26)/t14-/m1/s1. The number of nitrogen functional groups attached to an aromatic ring is 1. The van der Waals surface area contributed by atoms with Crippen LogP contribution in [-0.4, -0.2) is 52.6 Å². The summed E-state index contributed by atoms with van der Waals surface area (Å²) in [4.78, 5) is 26.8. The molecule has 1 aromatic heterocycles. The molecule has 2 heterocycles. The van der Waals surface area contributed by atoms with Crippen molar-refractivity contribution in [3.63, 3.8) is 0 Å². The van der Waals surface area contributed by atoms with Crippen molar-refractivity contribution in [1.29, 1.82) is 0 Å². The normalized spacial score (nSPS) is 17.5. The Hall–Kier alpha value is -2.52. The van der Waals surface area contributed by atoms with E-state index >= 15 is 0 Å². The van der Waals surface area contributed by atoms with Crippen molar-refractivity contribution < 1.29 is 9.59 Å². The van der Waals surface area contributed by atoms with Gasteiger partial charge in [-0.1, -0.05) is 35.6 Å². The number of carbonyl (C=O) groups excluding carboxylic acids is 2. The molecular weight excluding hydrogens is 364 g/mol. The summed E-state index contributed by atoms with van der Waals surface area (Å²) in [6, 6.07) is 7.65. The van der Waals surface area contributed by atoms with Gasteiger partial charge in [0.25, 0.3) is 0 Å². The van der Waals surface area contributed by atoms with Crippen molar-refractivity contribution in [2.75, 3.05) is 25.4 Å². The number of carbonyl (C=O) groups is 2. The van der Waals surface area contributed by atoms with Gasteiger partial charge in [-0.2, -0.15) is 0 Å². The van der Waals surface area contributed by atoms with Gasteiger partial charge < -0.3 is 16.4 Å². The van der Waals surface area contributed by atoms with E-state index in [1.807, 2.05) is 12.1 Å². The summed E-state index contributed by atoms with van der Waals surface area (Å²) < 4.78 is 0. The lowest BCUT2D eigenvalue weighted by Crippen LogP contribution is -2.56. The fraction of sp³-hybridized carbons (Fsp3) is 0.444. The summed E-state index contributed by atoms with van der Waals surface area (Å²) in [7, 11) is 0. The topological polar surface area (TPSA) is 113 Å². The second-order valence-corrected chi connectivity index (χ2v) is 7.64. The van der Waals surface area contributed by atoms with Crippen molar-refractivity contribution in [2.45, 2.75) is 32.4 Å². The van der Waals surface area contributed by atoms with Crippen LogP contribution < -0.4 is 16.4 Å². The van der Waals surface area contributed by atoms with Gasteiger partial charge in [0, 0.05) is 32.6 Å².